The Kier molecular flexibility index (Phi) is 8.17. The normalized spacial score (nSPS) is 22.0. The molecule has 0 aromatic heterocycles. The molecule has 0 heterocycles. The molecule has 2 unspecified atom stereocenters. The molecule has 2 N–H and O–H groups in total. The van der Waals surface area contributed by atoms with Crippen molar-refractivity contribution in [3.8, 4) is 0 Å². The zero-order valence-electron chi connectivity index (χ0n) is 17.1. The van der Waals surface area contributed by atoms with Crippen LogP contribution >= 0.6 is 0 Å². The van der Waals surface area contributed by atoms with Gasteiger partial charge in [-0.05, 0) is 35.8 Å². The van der Waals surface area contributed by atoms with Crippen LogP contribution in [-0.4, -0.2) is 11.4 Å². The maximum atomic E-state index is 8.36. The summed E-state index contributed by atoms with van der Waals surface area (Å²) in [7, 11) is 0. The topological polar surface area (TPSA) is 47.7 Å². The van der Waals surface area contributed by atoms with Crippen LogP contribution in [0.5, 0.6) is 0 Å². The van der Waals surface area contributed by atoms with E-state index in [0.29, 0.717) is 29.7 Å². The van der Waals surface area contributed by atoms with Crippen LogP contribution in [0.4, 0.5) is 0 Å². The Hall–Kier alpha value is -1.73. The summed E-state index contributed by atoms with van der Waals surface area (Å²) in [6.07, 6.45) is 7.24. The molecule has 0 fully saturated rings. The van der Waals surface area contributed by atoms with E-state index in [1.165, 1.54) is 16.7 Å². The summed E-state index contributed by atoms with van der Waals surface area (Å²) in [4.78, 5) is 0. The Morgan fingerprint density at radius 2 is 1.74 bits per heavy atom. The van der Waals surface area contributed by atoms with E-state index in [2.05, 4.69) is 70.7 Å². The molecule has 2 rings (SSSR count). The number of hydrogen-bond donors (Lipinski definition) is 2. The van der Waals surface area contributed by atoms with E-state index in [1.807, 2.05) is 12.1 Å². The van der Waals surface area contributed by atoms with Gasteiger partial charge in [-0.25, -0.2) is 0 Å². The van der Waals surface area contributed by atoms with Gasteiger partial charge in [0.1, 0.15) is 0 Å². The molecule has 0 bridgehead atoms. The first-order valence-corrected chi connectivity index (χ1v) is 9.48. The van der Waals surface area contributed by atoms with Gasteiger partial charge >= 0.3 is 0 Å². The van der Waals surface area contributed by atoms with E-state index in [1.54, 1.807) is 6.92 Å². The number of hydrogen-bond acceptors (Lipinski definition) is 2. The van der Waals surface area contributed by atoms with Crippen LogP contribution in [-0.2, 0) is 16.5 Å². The van der Waals surface area contributed by atoms with Crippen molar-refractivity contribution in [1.82, 2.24) is 0 Å². The molecule has 27 heavy (non-hydrogen) atoms. The summed E-state index contributed by atoms with van der Waals surface area (Å²) in [5, 5.41) is 16.3. The smallest absolute Gasteiger partial charge is 0.0530 e. The molecule has 0 saturated carbocycles. The van der Waals surface area contributed by atoms with Crippen molar-refractivity contribution in [1.29, 1.82) is 10.8 Å². The molecule has 1 aromatic carbocycles. The molecule has 1 aliphatic rings. The molecule has 2 atom stereocenters. The zero-order valence-corrected chi connectivity index (χ0v) is 18.1. The molecule has 3 heteroatoms. The van der Waals surface area contributed by atoms with E-state index < -0.39 is 0 Å². The first-order valence-electron chi connectivity index (χ1n) is 9.48. The van der Waals surface area contributed by atoms with Gasteiger partial charge in [-0.1, -0.05) is 81.8 Å². The van der Waals surface area contributed by atoms with E-state index >= 15 is 0 Å². The minimum absolute atomic E-state index is 0. The first-order chi connectivity index (χ1) is 12.2. The van der Waals surface area contributed by atoms with Crippen LogP contribution in [0.3, 0.4) is 0 Å². The third-order valence-corrected chi connectivity index (χ3v) is 5.54. The van der Waals surface area contributed by atoms with Crippen LogP contribution in [0.25, 0.3) is 5.57 Å². The van der Waals surface area contributed by atoms with Crippen molar-refractivity contribution in [2.24, 2.45) is 23.2 Å². The van der Waals surface area contributed by atoms with Crippen molar-refractivity contribution in [3.05, 3.63) is 66.3 Å². The average molecular weight is 407 g/mol. The first kappa shape index (κ1) is 23.3. The summed E-state index contributed by atoms with van der Waals surface area (Å²) in [5.74, 6) is 1.01. The van der Waals surface area contributed by atoms with Crippen molar-refractivity contribution >= 4 is 17.0 Å². The Morgan fingerprint density at radius 1 is 1.15 bits per heavy atom. The standard InChI is InChI=1S/C24H32N2.Ni/c1-7-24(15-23(26)18(6)25)21(16(2)3)13-20(14-22(24)17(4)5)19-11-9-8-10-12-19;/h7-14,16-17,21,25-26H,1,15H2,2-6H3;. The van der Waals surface area contributed by atoms with Crippen LogP contribution in [0.1, 0.15) is 46.6 Å². The Labute approximate surface area is 174 Å². The second-order valence-corrected chi connectivity index (χ2v) is 8.04. The van der Waals surface area contributed by atoms with Crippen LogP contribution in [0.2, 0.25) is 0 Å². The largest absolute Gasteiger partial charge is 0.304 e. The molecule has 0 spiro atoms. The van der Waals surface area contributed by atoms with E-state index in [0.717, 1.165) is 0 Å². The van der Waals surface area contributed by atoms with Gasteiger partial charge in [0.05, 0.1) is 5.71 Å². The molecular weight excluding hydrogens is 375 g/mol. The van der Waals surface area contributed by atoms with Gasteiger partial charge in [-0.3, -0.25) is 0 Å². The van der Waals surface area contributed by atoms with Gasteiger partial charge in [-0.15, -0.1) is 6.58 Å². The van der Waals surface area contributed by atoms with Crippen molar-refractivity contribution in [3.63, 3.8) is 0 Å². The molecule has 1 aliphatic carbocycles. The van der Waals surface area contributed by atoms with Crippen LogP contribution in [0.15, 0.2) is 60.7 Å². The van der Waals surface area contributed by atoms with E-state index in [4.69, 9.17) is 10.8 Å². The van der Waals surface area contributed by atoms with E-state index in [-0.39, 0.29) is 27.8 Å². The predicted molar refractivity (Wildman–Crippen MR) is 114 cm³/mol. The minimum atomic E-state index is -0.306. The van der Waals surface area contributed by atoms with Crippen molar-refractivity contribution < 1.29 is 16.5 Å². The second-order valence-electron chi connectivity index (χ2n) is 8.04. The summed E-state index contributed by atoms with van der Waals surface area (Å²) in [6, 6.07) is 10.5. The Morgan fingerprint density at radius 3 is 2.19 bits per heavy atom. The number of benzene rings is 1. The fraction of sp³-hybridized carbons (Fsp3) is 0.417. The summed E-state index contributed by atoms with van der Waals surface area (Å²) < 4.78 is 0. The average Bonchev–Trinajstić information content (AvgIpc) is 2.61. The Bertz CT molecular complexity index is 756. The Balaban J connectivity index is 0.00000364. The summed E-state index contributed by atoms with van der Waals surface area (Å²) in [6.45, 7) is 14.8. The zero-order chi connectivity index (χ0) is 19.5. The van der Waals surface area contributed by atoms with Crippen molar-refractivity contribution in [2.45, 2.75) is 41.0 Å². The third-order valence-electron chi connectivity index (χ3n) is 5.54. The summed E-state index contributed by atoms with van der Waals surface area (Å²) in [5.41, 5.74) is 4.24. The molecule has 0 saturated heterocycles. The fourth-order valence-electron chi connectivity index (χ4n) is 4.16. The van der Waals surface area contributed by atoms with Crippen LogP contribution in [0, 0.1) is 34.0 Å². The van der Waals surface area contributed by atoms with Gasteiger partial charge in [0, 0.05) is 34.0 Å². The fourth-order valence-corrected chi connectivity index (χ4v) is 4.16. The molecule has 1 aromatic rings. The minimum Gasteiger partial charge on any atom is -0.304 e. The molecular formula is C24H32N2Ni. The number of rotatable bonds is 7. The molecule has 0 amide bonds. The predicted octanol–water partition coefficient (Wildman–Crippen LogP) is 6.56. The SMILES string of the molecule is C=CC1(CC(=N)C(C)=N)C(C(C)C)=CC(c2ccccc2)=CC1C(C)C.[Ni]. The van der Waals surface area contributed by atoms with Gasteiger partial charge in [-0.2, -0.15) is 0 Å². The maximum absolute atomic E-state index is 8.36. The quantitative estimate of drug-likeness (QED) is 0.292. The molecule has 0 aliphatic heterocycles. The summed E-state index contributed by atoms with van der Waals surface area (Å²) >= 11 is 0. The van der Waals surface area contributed by atoms with Crippen molar-refractivity contribution in [2.75, 3.05) is 0 Å². The molecule has 0 radical (unpaired) electrons. The number of allylic oxidation sites excluding steroid dienone is 5. The molecule has 148 valence electrons. The third kappa shape index (κ3) is 4.76. The van der Waals surface area contributed by atoms with Gasteiger partial charge in [0.25, 0.3) is 0 Å². The number of nitrogens with one attached hydrogen (secondary N) is 2. The van der Waals surface area contributed by atoms with Gasteiger partial charge in [0.2, 0.25) is 0 Å². The molecule has 2 nitrogen and oxygen atoms in total. The monoisotopic (exact) mass is 406 g/mol. The second kappa shape index (κ2) is 9.46. The van der Waals surface area contributed by atoms with Gasteiger partial charge in [0.15, 0.2) is 0 Å². The maximum Gasteiger partial charge on any atom is 0.0530 e. The van der Waals surface area contributed by atoms with Gasteiger partial charge < -0.3 is 10.8 Å². The van der Waals surface area contributed by atoms with Crippen LogP contribution < -0.4 is 0 Å². The van der Waals surface area contributed by atoms with E-state index in [9.17, 15) is 0 Å².